The molecule has 0 unspecified atom stereocenters. The summed E-state index contributed by atoms with van der Waals surface area (Å²) in [6.07, 6.45) is 0. The van der Waals surface area contributed by atoms with Crippen molar-refractivity contribution >= 4 is 135 Å². The third kappa shape index (κ3) is 18.2. The predicted molar refractivity (Wildman–Crippen MR) is 629 cm³/mol. The SMILES string of the molecule is CC1(C)c2cc(N(c3ccccc3)c3ccc(C#N)cc3)ccc2-c2ccc3cc(N(c4ccccc4)c4ccc(C#N)cc4)ccc3c21.Cc1cc(C)cc(N(c2cc(C)cc(C)c2)c2ccc3c(c2)C(C)(C)c2c-3ccc3cc(N(c4cc(C)cc(C)c4)c4cc(C)cc(C)c4)ccc23)c1.Cc1ccc(N(c2ccccc2)c2ccc3c(c2)C(C)(C)c2c-3ccc3cc(N(c4ccccc4)c4ccc(C)cc4)ccc23)cc1. The van der Waals surface area contributed by atoms with Crippen molar-refractivity contribution in [1.82, 2.24) is 0 Å². The highest BCUT2D eigenvalue weighted by Gasteiger charge is 2.42. The molecule has 0 radical (unpaired) electrons. The lowest BCUT2D eigenvalue weighted by Gasteiger charge is -2.29. The molecule has 3 aliphatic carbocycles. The molecular formula is C141H120N8. The summed E-state index contributed by atoms with van der Waals surface area (Å²) in [7, 11) is 0. The van der Waals surface area contributed by atoms with Gasteiger partial charge in [0.15, 0.2) is 0 Å². The Hall–Kier alpha value is -17.8. The van der Waals surface area contributed by atoms with Crippen LogP contribution in [-0.2, 0) is 16.2 Å². The van der Waals surface area contributed by atoms with Crippen LogP contribution in [0.1, 0.15) is 142 Å². The molecule has 0 saturated heterocycles. The van der Waals surface area contributed by atoms with Crippen LogP contribution in [0.15, 0.2) is 437 Å². The van der Waals surface area contributed by atoms with Gasteiger partial charge in [0.25, 0.3) is 0 Å². The van der Waals surface area contributed by atoms with Crippen molar-refractivity contribution in [2.45, 2.75) is 127 Å². The summed E-state index contributed by atoms with van der Waals surface area (Å²) in [5, 5.41) is 26.4. The fourth-order valence-electron chi connectivity index (χ4n) is 23.8. The fourth-order valence-corrected chi connectivity index (χ4v) is 23.8. The molecule has 0 bridgehead atoms. The maximum atomic E-state index is 9.41. The molecule has 3 aliphatic rings. The van der Waals surface area contributed by atoms with Crippen LogP contribution in [0.3, 0.4) is 0 Å². The van der Waals surface area contributed by atoms with Crippen LogP contribution in [0.5, 0.6) is 0 Å². The summed E-state index contributed by atoms with van der Waals surface area (Å²) in [6.45, 7) is 36.0. The number of nitrogens with zero attached hydrogens (tertiary/aromatic N) is 8. The van der Waals surface area contributed by atoms with Gasteiger partial charge in [0.2, 0.25) is 0 Å². The number of anilines is 18. The molecule has 8 nitrogen and oxygen atoms in total. The average Bonchev–Trinajstić information content (AvgIpc) is 1.56. The molecule has 0 atom stereocenters. The second-order valence-corrected chi connectivity index (χ2v) is 42.5. The average molecular weight is 1930 g/mol. The van der Waals surface area contributed by atoms with Gasteiger partial charge in [-0.15, -0.1) is 0 Å². The van der Waals surface area contributed by atoms with Gasteiger partial charge in [-0.05, 0) is 455 Å². The van der Waals surface area contributed by atoms with Gasteiger partial charge in [0.05, 0.1) is 23.3 Å². The lowest BCUT2D eigenvalue weighted by molar-refractivity contribution is 0.666. The predicted octanol–water partition coefficient (Wildman–Crippen LogP) is 39.1. The Morgan fingerprint density at radius 3 is 0.577 bits per heavy atom. The molecule has 0 saturated carbocycles. The number of fused-ring (bicyclic) bond motifs is 15. The Kier molecular flexibility index (Phi) is 25.1. The van der Waals surface area contributed by atoms with Crippen LogP contribution < -0.4 is 29.4 Å². The molecule has 724 valence electrons. The summed E-state index contributed by atoms with van der Waals surface area (Å²) in [4.78, 5) is 14.1. The molecule has 21 aromatic carbocycles. The van der Waals surface area contributed by atoms with Crippen LogP contribution in [0.4, 0.5) is 102 Å². The highest BCUT2D eigenvalue weighted by atomic mass is 15.2. The van der Waals surface area contributed by atoms with Crippen LogP contribution >= 0.6 is 0 Å². The van der Waals surface area contributed by atoms with Gasteiger partial charge in [0.1, 0.15) is 0 Å². The number of rotatable bonds is 18. The summed E-state index contributed by atoms with van der Waals surface area (Å²) in [6, 6.07) is 163. The maximum Gasteiger partial charge on any atom is 0.0991 e. The highest BCUT2D eigenvalue weighted by Crippen LogP contribution is 2.59. The minimum Gasteiger partial charge on any atom is -0.310 e. The first-order chi connectivity index (χ1) is 72.1. The summed E-state index contributed by atoms with van der Waals surface area (Å²) in [5.41, 5.74) is 49.6. The number of nitriles is 2. The minimum atomic E-state index is -0.249. The molecule has 149 heavy (non-hydrogen) atoms. The highest BCUT2D eigenvalue weighted by molar-refractivity contribution is 6.05. The quantitative estimate of drug-likeness (QED) is 0.0842. The Labute approximate surface area is 877 Å². The van der Waals surface area contributed by atoms with Crippen molar-refractivity contribution in [3.8, 4) is 45.5 Å². The molecule has 8 heteroatoms. The maximum absolute atomic E-state index is 9.41. The lowest BCUT2D eigenvalue weighted by Crippen LogP contribution is -2.17. The molecule has 0 N–H and O–H groups in total. The molecule has 0 aliphatic heterocycles. The van der Waals surface area contributed by atoms with Gasteiger partial charge in [-0.2, -0.15) is 10.5 Å². The number of aryl methyl sites for hydroxylation is 10. The monoisotopic (exact) mass is 1920 g/mol. The molecule has 0 spiro atoms. The second kappa shape index (κ2) is 38.9. The Balaban J connectivity index is 0.000000127. The normalized spacial score (nSPS) is 12.7. The van der Waals surface area contributed by atoms with Gasteiger partial charge in [-0.3, -0.25) is 0 Å². The molecule has 0 heterocycles. The van der Waals surface area contributed by atoms with Crippen molar-refractivity contribution in [2.24, 2.45) is 0 Å². The molecular weight excluding hydrogens is 1810 g/mol. The molecule has 0 fully saturated rings. The van der Waals surface area contributed by atoms with E-state index in [-0.39, 0.29) is 16.2 Å². The number of para-hydroxylation sites is 4. The van der Waals surface area contributed by atoms with Crippen molar-refractivity contribution in [3.63, 3.8) is 0 Å². The summed E-state index contributed by atoms with van der Waals surface area (Å²) < 4.78 is 0. The van der Waals surface area contributed by atoms with E-state index in [1.54, 1.807) is 0 Å². The van der Waals surface area contributed by atoms with Gasteiger partial charge < -0.3 is 29.4 Å². The van der Waals surface area contributed by atoms with Crippen LogP contribution in [0.2, 0.25) is 0 Å². The van der Waals surface area contributed by atoms with Crippen LogP contribution in [0, 0.1) is 91.9 Å². The van der Waals surface area contributed by atoms with E-state index in [0.717, 1.165) is 62.6 Å². The van der Waals surface area contributed by atoms with E-state index < -0.39 is 0 Å². The minimum absolute atomic E-state index is 0.173. The Morgan fingerprint density at radius 2 is 0.349 bits per heavy atom. The molecule has 21 aromatic rings. The molecule has 0 aromatic heterocycles. The van der Waals surface area contributed by atoms with E-state index in [1.165, 1.54) is 195 Å². The summed E-state index contributed by atoms with van der Waals surface area (Å²) >= 11 is 0. The van der Waals surface area contributed by atoms with Gasteiger partial charge in [-0.1, -0.05) is 247 Å². The number of hydrogen-bond acceptors (Lipinski definition) is 8. The van der Waals surface area contributed by atoms with Gasteiger partial charge >= 0.3 is 0 Å². The van der Waals surface area contributed by atoms with Crippen molar-refractivity contribution in [2.75, 3.05) is 29.4 Å². The third-order valence-electron chi connectivity index (χ3n) is 30.3. The third-order valence-corrected chi connectivity index (χ3v) is 30.3. The number of hydrogen-bond donors (Lipinski definition) is 0. The largest absolute Gasteiger partial charge is 0.310 e. The van der Waals surface area contributed by atoms with E-state index in [4.69, 9.17) is 0 Å². The topological polar surface area (TPSA) is 67.0 Å². The molecule has 24 rings (SSSR count). The second-order valence-electron chi connectivity index (χ2n) is 42.5. The van der Waals surface area contributed by atoms with E-state index in [0.29, 0.717) is 11.1 Å². The standard InChI is InChI=1S/C51H50N2.C45H32N4.C45H38N2/c1-31-17-32(2)22-42(21-31)52(43-23-33(3)18-34(4)24-43)40-12-15-46-39(29-40)11-14-48-47-16-13-41(30-49(47)51(9,10)50(46)48)53(44-25-35(5)19-36(6)26-44)45-27-37(7)20-38(8)28-45;1-45(2)43-28-39(49(35-11-7-4-8-12-35)37-20-15-32(30-47)16-21-37)23-26-41(43)42-24-17-33-27-38(22-25-40(33)44(42)45)48(34-9-5-3-6-10-34)36-18-13-31(29-46)14-19-36;1-31-15-20-36(21-16-31)46(34-11-7-5-8-12-34)38-24-27-40-33(29-38)19-26-42-41-28-25-39(30-43(41)45(3,4)44(40)42)47(35-13-9-6-10-14-35)37-22-17-32(2)18-23-37/h11-30H,1-10H3;3-28H,1-2H3;5-30H,1-4H3. The zero-order chi connectivity index (χ0) is 103. The van der Waals surface area contributed by atoms with Crippen LogP contribution in [-0.4, -0.2) is 0 Å². The van der Waals surface area contributed by atoms with Gasteiger partial charge in [-0.25, -0.2) is 0 Å². The zero-order valence-corrected chi connectivity index (χ0v) is 87.6. The zero-order valence-electron chi connectivity index (χ0n) is 87.6. The van der Waals surface area contributed by atoms with E-state index in [9.17, 15) is 10.5 Å². The van der Waals surface area contributed by atoms with Crippen molar-refractivity contribution in [1.29, 1.82) is 10.5 Å². The van der Waals surface area contributed by atoms with E-state index in [2.05, 4.69) is 516 Å². The van der Waals surface area contributed by atoms with E-state index in [1.807, 2.05) is 72.8 Å². The fraction of sp³-hybridized carbons (Fsp3) is 0.135. The van der Waals surface area contributed by atoms with Crippen LogP contribution in [0.25, 0.3) is 65.7 Å². The van der Waals surface area contributed by atoms with Crippen molar-refractivity contribution in [3.05, 3.63) is 537 Å². The van der Waals surface area contributed by atoms with Gasteiger partial charge in [0, 0.05) is 119 Å². The molecule has 0 amide bonds. The van der Waals surface area contributed by atoms with Crippen molar-refractivity contribution < 1.29 is 0 Å². The lowest BCUT2D eigenvalue weighted by atomic mass is 9.80. The first-order valence-electron chi connectivity index (χ1n) is 51.7. The van der Waals surface area contributed by atoms with E-state index >= 15 is 0 Å². The first-order valence-corrected chi connectivity index (χ1v) is 51.7. The smallest absolute Gasteiger partial charge is 0.0991 e. The summed E-state index contributed by atoms with van der Waals surface area (Å²) in [5.74, 6) is 0. The Bertz CT molecular complexity index is 8670. The number of benzene rings is 21. The Morgan fingerprint density at radius 1 is 0.161 bits per heavy atom. The first kappa shape index (κ1) is 96.0.